The smallest absolute Gasteiger partial charge is 0.289 e. The van der Waals surface area contributed by atoms with E-state index < -0.39 is 27.6 Å². The molecule has 11 heteroatoms. The number of aliphatic hydroxyl groups excluding tert-OH is 1. The summed E-state index contributed by atoms with van der Waals surface area (Å²) in [6, 6.07) is 4.22. The lowest BCUT2D eigenvalue weighted by Crippen LogP contribution is -2.41. The number of benzene rings is 1. The Balaban J connectivity index is 1.55. The quantitative estimate of drug-likeness (QED) is 0.694. The number of nitrogens with zero attached hydrogens (tertiary/aromatic N) is 2. The molecule has 29 heavy (non-hydrogen) atoms. The molecule has 1 aromatic rings. The van der Waals surface area contributed by atoms with Gasteiger partial charge >= 0.3 is 0 Å². The SMILES string of the molecule is CN1CC(C(=O)NCC2CCN(S(=O)(=O)c3ccc(Cl)c(Cl)c3)CC2)=C(O)C1=O. The number of nitrogens with one attached hydrogen (secondary N) is 1. The number of sulfonamides is 1. The molecular formula is C18H21Cl2N3O5S. The number of hydrogen-bond donors (Lipinski definition) is 2. The van der Waals surface area contributed by atoms with E-state index in [1.807, 2.05) is 0 Å². The molecule has 3 rings (SSSR count). The number of likely N-dealkylation sites (N-methyl/N-ethyl adjacent to an activating group) is 1. The van der Waals surface area contributed by atoms with Gasteiger partial charge in [-0.05, 0) is 37.0 Å². The van der Waals surface area contributed by atoms with E-state index in [0.717, 1.165) is 0 Å². The molecule has 2 aliphatic rings. The van der Waals surface area contributed by atoms with Gasteiger partial charge in [-0.1, -0.05) is 23.2 Å². The van der Waals surface area contributed by atoms with Gasteiger partial charge in [0.25, 0.3) is 11.8 Å². The first-order valence-corrected chi connectivity index (χ1v) is 11.2. The molecule has 0 aliphatic carbocycles. The van der Waals surface area contributed by atoms with Gasteiger partial charge in [-0.15, -0.1) is 0 Å². The van der Waals surface area contributed by atoms with Gasteiger partial charge in [0.2, 0.25) is 10.0 Å². The first-order chi connectivity index (χ1) is 13.6. The summed E-state index contributed by atoms with van der Waals surface area (Å²) in [6.45, 7) is 1.04. The zero-order chi connectivity index (χ0) is 21.3. The maximum Gasteiger partial charge on any atom is 0.289 e. The molecule has 1 aromatic carbocycles. The van der Waals surface area contributed by atoms with Gasteiger partial charge in [-0.3, -0.25) is 9.59 Å². The van der Waals surface area contributed by atoms with E-state index in [1.54, 1.807) is 0 Å². The van der Waals surface area contributed by atoms with Gasteiger partial charge in [-0.2, -0.15) is 4.31 Å². The van der Waals surface area contributed by atoms with Crippen LogP contribution >= 0.6 is 23.2 Å². The normalized spacial score (nSPS) is 19.1. The third-order valence-electron chi connectivity index (χ3n) is 5.16. The third kappa shape index (κ3) is 4.53. The minimum absolute atomic E-state index is 0.0529. The fourth-order valence-corrected chi connectivity index (χ4v) is 5.22. The molecule has 0 radical (unpaired) electrons. The number of hydrogen-bond acceptors (Lipinski definition) is 5. The summed E-state index contributed by atoms with van der Waals surface area (Å²) in [4.78, 5) is 25.1. The number of carbonyl (C=O) groups excluding carboxylic acids is 2. The summed E-state index contributed by atoms with van der Waals surface area (Å²) in [7, 11) is -2.17. The Morgan fingerprint density at radius 1 is 1.24 bits per heavy atom. The lowest BCUT2D eigenvalue weighted by Gasteiger charge is -2.31. The van der Waals surface area contributed by atoms with Gasteiger partial charge in [0, 0.05) is 26.7 Å². The Hall–Kier alpha value is -1.81. The van der Waals surface area contributed by atoms with Crippen LogP contribution in [0.1, 0.15) is 12.8 Å². The summed E-state index contributed by atoms with van der Waals surface area (Å²) < 4.78 is 27.0. The Morgan fingerprint density at radius 3 is 2.45 bits per heavy atom. The lowest BCUT2D eigenvalue weighted by molar-refractivity contribution is -0.126. The van der Waals surface area contributed by atoms with Gasteiger partial charge in [0.05, 0.1) is 27.1 Å². The molecule has 0 bridgehead atoms. The molecule has 158 valence electrons. The predicted octanol–water partition coefficient (Wildman–Crippen LogP) is 1.79. The van der Waals surface area contributed by atoms with Gasteiger partial charge in [-0.25, -0.2) is 8.42 Å². The van der Waals surface area contributed by atoms with E-state index in [0.29, 0.717) is 32.5 Å². The largest absolute Gasteiger partial charge is 0.503 e. The van der Waals surface area contributed by atoms with E-state index in [2.05, 4.69) is 5.32 Å². The zero-order valence-electron chi connectivity index (χ0n) is 15.7. The van der Waals surface area contributed by atoms with Crippen molar-refractivity contribution < 1.29 is 23.1 Å². The molecule has 2 amide bonds. The third-order valence-corrected chi connectivity index (χ3v) is 7.79. The number of rotatable bonds is 5. The number of amides is 2. The van der Waals surface area contributed by atoms with E-state index in [9.17, 15) is 23.1 Å². The highest BCUT2D eigenvalue weighted by Gasteiger charge is 2.33. The molecule has 0 aromatic heterocycles. The molecule has 0 spiro atoms. The molecule has 8 nitrogen and oxygen atoms in total. The molecule has 0 unspecified atom stereocenters. The minimum Gasteiger partial charge on any atom is -0.503 e. The van der Waals surface area contributed by atoms with Crippen molar-refractivity contribution in [2.45, 2.75) is 17.7 Å². The van der Waals surface area contributed by atoms with Crippen molar-refractivity contribution in [2.24, 2.45) is 5.92 Å². The van der Waals surface area contributed by atoms with Gasteiger partial charge in [0.1, 0.15) is 0 Å². The van der Waals surface area contributed by atoms with E-state index in [-0.39, 0.29) is 33.0 Å². The second-order valence-electron chi connectivity index (χ2n) is 7.12. The van der Waals surface area contributed by atoms with E-state index >= 15 is 0 Å². The number of aliphatic hydroxyl groups is 1. The van der Waals surface area contributed by atoms with Crippen molar-refractivity contribution in [1.29, 1.82) is 0 Å². The van der Waals surface area contributed by atoms with Crippen molar-refractivity contribution in [3.63, 3.8) is 0 Å². The average molecular weight is 462 g/mol. The van der Waals surface area contributed by atoms with Crippen LogP contribution in [0.15, 0.2) is 34.4 Å². The van der Waals surface area contributed by atoms with Crippen LogP contribution in [0.5, 0.6) is 0 Å². The first kappa shape index (κ1) is 21.9. The molecule has 2 N–H and O–H groups in total. The maximum atomic E-state index is 12.8. The lowest BCUT2D eigenvalue weighted by atomic mass is 9.98. The number of halogens is 2. The monoisotopic (exact) mass is 461 g/mol. The summed E-state index contributed by atoms with van der Waals surface area (Å²) in [5.41, 5.74) is 0.0529. The first-order valence-electron chi connectivity index (χ1n) is 9.02. The molecule has 0 atom stereocenters. The molecule has 2 heterocycles. The van der Waals surface area contributed by atoms with Gasteiger partial charge < -0.3 is 15.3 Å². The zero-order valence-corrected chi connectivity index (χ0v) is 18.0. The summed E-state index contributed by atoms with van der Waals surface area (Å²) in [6.07, 6.45) is 1.15. The van der Waals surface area contributed by atoms with Crippen LogP contribution in [0, 0.1) is 5.92 Å². The molecule has 0 saturated carbocycles. The van der Waals surface area contributed by atoms with Crippen molar-refractivity contribution in [3.8, 4) is 0 Å². The van der Waals surface area contributed by atoms with Gasteiger partial charge in [0.15, 0.2) is 5.76 Å². The fourth-order valence-electron chi connectivity index (χ4n) is 3.36. The molecule has 1 saturated heterocycles. The Morgan fingerprint density at radius 2 is 1.90 bits per heavy atom. The molecule has 2 aliphatic heterocycles. The summed E-state index contributed by atoms with van der Waals surface area (Å²) in [5.74, 6) is -1.48. The highest BCUT2D eigenvalue weighted by Crippen LogP contribution is 2.28. The van der Waals surface area contributed by atoms with Crippen LogP contribution in [-0.4, -0.2) is 67.8 Å². The van der Waals surface area contributed by atoms with Crippen molar-refractivity contribution in [2.75, 3.05) is 33.2 Å². The number of piperidine rings is 1. The number of carbonyl (C=O) groups is 2. The van der Waals surface area contributed by atoms with Crippen molar-refractivity contribution in [1.82, 2.24) is 14.5 Å². The fraction of sp³-hybridized carbons (Fsp3) is 0.444. The highest BCUT2D eigenvalue weighted by atomic mass is 35.5. The van der Waals surface area contributed by atoms with Crippen LogP contribution in [0.3, 0.4) is 0 Å². The van der Waals surface area contributed by atoms with Crippen LogP contribution in [0.25, 0.3) is 0 Å². The van der Waals surface area contributed by atoms with Crippen LogP contribution in [-0.2, 0) is 19.6 Å². The van der Waals surface area contributed by atoms with Crippen molar-refractivity contribution in [3.05, 3.63) is 39.6 Å². The Kier molecular flexibility index (Phi) is 6.42. The summed E-state index contributed by atoms with van der Waals surface area (Å²) in [5, 5.41) is 12.9. The average Bonchev–Trinajstić information content (AvgIpc) is 2.96. The second kappa shape index (κ2) is 8.51. The Labute approximate surface area is 179 Å². The second-order valence-corrected chi connectivity index (χ2v) is 9.87. The minimum atomic E-state index is -3.67. The van der Waals surface area contributed by atoms with E-state index in [4.69, 9.17) is 23.2 Å². The van der Waals surface area contributed by atoms with Crippen LogP contribution < -0.4 is 5.32 Å². The van der Waals surface area contributed by atoms with Crippen molar-refractivity contribution >= 4 is 45.0 Å². The summed E-state index contributed by atoms with van der Waals surface area (Å²) >= 11 is 11.8. The highest BCUT2D eigenvalue weighted by molar-refractivity contribution is 7.89. The molecule has 1 fully saturated rings. The van der Waals surface area contributed by atoms with Crippen LogP contribution in [0.2, 0.25) is 10.0 Å². The maximum absolute atomic E-state index is 12.8. The Bertz CT molecular complexity index is 972. The molecular weight excluding hydrogens is 441 g/mol. The standard InChI is InChI=1S/C18H21Cl2N3O5S/c1-22-10-13(16(24)18(22)26)17(25)21-9-11-4-6-23(7-5-11)29(27,28)12-2-3-14(19)15(20)8-12/h2-3,8,11,24H,4-7,9-10H2,1H3,(H,21,25). The van der Waals surface area contributed by atoms with Crippen LogP contribution in [0.4, 0.5) is 0 Å². The predicted molar refractivity (Wildman–Crippen MR) is 108 cm³/mol. The topological polar surface area (TPSA) is 107 Å². The van der Waals surface area contributed by atoms with E-state index in [1.165, 1.54) is 34.5 Å².